The number of aromatic nitrogens is 1. The van der Waals surface area contributed by atoms with Crippen LogP contribution in [0.15, 0.2) is 53.4 Å². The number of aliphatic imine (C=N–C) groups is 1. The van der Waals surface area contributed by atoms with Gasteiger partial charge in [-0.1, -0.05) is 18.2 Å². The first-order valence-corrected chi connectivity index (χ1v) is 4.99. The van der Waals surface area contributed by atoms with E-state index in [0.29, 0.717) is 17.8 Å². The third kappa shape index (κ3) is 2.35. The molecular formula is C12H12N2O2. The van der Waals surface area contributed by atoms with Crippen LogP contribution in [0.2, 0.25) is 0 Å². The minimum absolute atomic E-state index is 0.0949. The highest BCUT2D eigenvalue weighted by atomic mass is 16.3. The SMILES string of the molecule is OC1=CC=CCC1=NC(O)c1ccccn1. The van der Waals surface area contributed by atoms with Gasteiger partial charge in [0.25, 0.3) is 0 Å². The predicted octanol–water partition coefficient (Wildman–Crippen LogP) is 1.92. The number of hydrogen-bond donors (Lipinski definition) is 2. The Morgan fingerprint density at radius 1 is 1.38 bits per heavy atom. The molecule has 1 aromatic rings. The Balaban J connectivity index is 2.19. The summed E-state index contributed by atoms with van der Waals surface area (Å²) in [6.07, 6.45) is 6.25. The van der Waals surface area contributed by atoms with E-state index in [1.54, 1.807) is 36.5 Å². The van der Waals surface area contributed by atoms with Gasteiger partial charge >= 0.3 is 0 Å². The topological polar surface area (TPSA) is 65.7 Å². The van der Waals surface area contributed by atoms with Crippen LogP contribution in [-0.4, -0.2) is 20.9 Å². The minimum Gasteiger partial charge on any atom is -0.506 e. The van der Waals surface area contributed by atoms with E-state index < -0.39 is 6.23 Å². The highest BCUT2D eigenvalue weighted by Crippen LogP contribution is 2.15. The summed E-state index contributed by atoms with van der Waals surface area (Å²) in [5.41, 5.74) is 0.943. The van der Waals surface area contributed by atoms with E-state index in [1.165, 1.54) is 0 Å². The van der Waals surface area contributed by atoms with Gasteiger partial charge in [0.1, 0.15) is 5.76 Å². The standard InChI is InChI=1S/C12H12N2O2/c15-11-7-2-1-5-9(11)14-12(16)10-6-3-4-8-13-10/h1-4,6-8,12,15-16H,5H2. The quantitative estimate of drug-likeness (QED) is 0.793. The van der Waals surface area contributed by atoms with Crippen LogP contribution in [0.1, 0.15) is 18.3 Å². The molecule has 1 aliphatic carbocycles. The van der Waals surface area contributed by atoms with Gasteiger partial charge in [0.05, 0.1) is 11.4 Å². The smallest absolute Gasteiger partial charge is 0.188 e. The van der Waals surface area contributed by atoms with Crippen molar-refractivity contribution in [3.63, 3.8) is 0 Å². The molecule has 0 amide bonds. The van der Waals surface area contributed by atoms with E-state index in [9.17, 15) is 10.2 Å². The molecule has 0 fully saturated rings. The molecule has 1 aliphatic rings. The van der Waals surface area contributed by atoms with Gasteiger partial charge in [-0.3, -0.25) is 4.98 Å². The maximum atomic E-state index is 9.78. The first-order chi connectivity index (χ1) is 7.77. The zero-order valence-electron chi connectivity index (χ0n) is 8.61. The second-order valence-corrected chi connectivity index (χ2v) is 3.39. The molecule has 0 radical (unpaired) electrons. The molecule has 0 saturated heterocycles. The zero-order chi connectivity index (χ0) is 11.4. The molecule has 0 aliphatic heterocycles. The molecule has 0 saturated carbocycles. The van der Waals surface area contributed by atoms with Crippen LogP contribution in [0.4, 0.5) is 0 Å². The van der Waals surface area contributed by atoms with Crippen LogP contribution < -0.4 is 0 Å². The average Bonchev–Trinajstić information content (AvgIpc) is 2.33. The molecule has 1 aromatic heterocycles. The van der Waals surface area contributed by atoms with Crippen molar-refractivity contribution in [2.75, 3.05) is 0 Å². The molecular weight excluding hydrogens is 204 g/mol. The van der Waals surface area contributed by atoms with Crippen molar-refractivity contribution in [1.82, 2.24) is 4.98 Å². The summed E-state index contributed by atoms with van der Waals surface area (Å²) in [5, 5.41) is 19.3. The molecule has 4 nitrogen and oxygen atoms in total. The monoisotopic (exact) mass is 216 g/mol. The number of hydrogen-bond acceptors (Lipinski definition) is 4. The molecule has 1 atom stereocenters. The Kier molecular flexibility index (Phi) is 3.12. The van der Waals surface area contributed by atoms with Crippen molar-refractivity contribution in [2.45, 2.75) is 12.6 Å². The fourth-order valence-corrected chi connectivity index (χ4v) is 1.40. The van der Waals surface area contributed by atoms with E-state index in [4.69, 9.17) is 0 Å². The van der Waals surface area contributed by atoms with Crippen LogP contribution in [0.25, 0.3) is 0 Å². The summed E-state index contributed by atoms with van der Waals surface area (Å²) in [4.78, 5) is 8.02. The van der Waals surface area contributed by atoms with E-state index in [2.05, 4.69) is 9.98 Å². The highest BCUT2D eigenvalue weighted by Gasteiger charge is 2.11. The molecule has 82 valence electrons. The summed E-state index contributed by atoms with van der Waals surface area (Å²) >= 11 is 0. The van der Waals surface area contributed by atoms with Gasteiger partial charge < -0.3 is 10.2 Å². The van der Waals surface area contributed by atoms with Crippen LogP contribution in [-0.2, 0) is 0 Å². The van der Waals surface area contributed by atoms with Crippen molar-refractivity contribution in [1.29, 1.82) is 0 Å². The minimum atomic E-state index is -1.03. The van der Waals surface area contributed by atoms with Gasteiger partial charge in [0.2, 0.25) is 0 Å². The van der Waals surface area contributed by atoms with E-state index in [1.807, 2.05) is 6.08 Å². The van der Waals surface area contributed by atoms with Crippen LogP contribution >= 0.6 is 0 Å². The van der Waals surface area contributed by atoms with Crippen molar-refractivity contribution < 1.29 is 10.2 Å². The summed E-state index contributed by atoms with van der Waals surface area (Å²) in [6.45, 7) is 0. The normalized spacial score (nSPS) is 19.6. The molecule has 0 bridgehead atoms. The molecule has 0 spiro atoms. The Morgan fingerprint density at radius 3 is 2.94 bits per heavy atom. The summed E-state index contributed by atoms with van der Waals surface area (Å²) in [7, 11) is 0. The number of rotatable bonds is 2. The number of aliphatic hydroxyl groups excluding tert-OH is 2. The van der Waals surface area contributed by atoms with Gasteiger partial charge in [-0.2, -0.15) is 0 Å². The summed E-state index contributed by atoms with van der Waals surface area (Å²) in [6, 6.07) is 5.24. The van der Waals surface area contributed by atoms with Crippen LogP contribution in [0.5, 0.6) is 0 Å². The fraction of sp³-hybridized carbons (Fsp3) is 0.167. The van der Waals surface area contributed by atoms with E-state index in [-0.39, 0.29) is 5.76 Å². The van der Waals surface area contributed by atoms with Crippen LogP contribution in [0.3, 0.4) is 0 Å². The maximum Gasteiger partial charge on any atom is 0.188 e. The van der Waals surface area contributed by atoms with Gasteiger partial charge in [-0.15, -0.1) is 0 Å². The molecule has 2 N–H and O–H groups in total. The second kappa shape index (κ2) is 4.72. The molecule has 2 rings (SSSR count). The highest BCUT2D eigenvalue weighted by molar-refractivity contribution is 6.00. The first-order valence-electron chi connectivity index (χ1n) is 4.99. The largest absolute Gasteiger partial charge is 0.506 e. The van der Waals surface area contributed by atoms with E-state index in [0.717, 1.165) is 0 Å². The predicted molar refractivity (Wildman–Crippen MR) is 61.1 cm³/mol. The molecule has 16 heavy (non-hydrogen) atoms. The van der Waals surface area contributed by atoms with Crippen molar-refractivity contribution in [3.8, 4) is 0 Å². The van der Waals surface area contributed by atoms with E-state index >= 15 is 0 Å². The number of nitrogens with zero attached hydrogens (tertiary/aromatic N) is 2. The third-order valence-corrected chi connectivity index (χ3v) is 2.23. The summed E-state index contributed by atoms with van der Waals surface area (Å²) < 4.78 is 0. The van der Waals surface area contributed by atoms with Gasteiger partial charge in [-0.05, 0) is 18.2 Å². The Labute approximate surface area is 93.3 Å². The van der Waals surface area contributed by atoms with Crippen molar-refractivity contribution >= 4 is 5.71 Å². The molecule has 1 unspecified atom stereocenters. The van der Waals surface area contributed by atoms with Gasteiger partial charge in [0, 0.05) is 12.6 Å². The first kappa shape index (κ1) is 10.6. The second-order valence-electron chi connectivity index (χ2n) is 3.39. The summed E-state index contributed by atoms with van der Waals surface area (Å²) in [5.74, 6) is 0.0949. The maximum absolute atomic E-state index is 9.78. The van der Waals surface area contributed by atoms with Gasteiger partial charge in [0.15, 0.2) is 6.23 Å². The lowest BCUT2D eigenvalue weighted by Gasteiger charge is -2.10. The zero-order valence-corrected chi connectivity index (χ0v) is 8.61. The van der Waals surface area contributed by atoms with Crippen molar-refractivity contribution in [2.24, 2.45) is 4.99 Å². The molecule has 0 aromatic carbocycles. The number of allylic oxidation sites excluding steroid dienone is 4. The molecule has 1 heterocycles. The molecule has 4 heteroatoms. The van der Waals surface area contributed by atoms with Crippen LogP contribution in [0, 0.1) is 0 Å². The lowest BCUT2D eigenvalue weighted by molar-refractivity contribution is 0.183. The number of pyridine rings is 1. The fourth-order valence-electron chi connectivity index (χ4n) is 1.40. The lowest BCUT2D eigenvalue weighted by atomic mass is 10.1. The Morgan fingerprint density at radius 2 is 2.25 bits per heavy atom. The number of aliphatic hydroxyl groups is 2. The van der Waals surface area contributed by atoms with Crippen molar-refractivity contribution in [3.05, 3.63) is 54.1 Å². The average molecular weight is 216 g/mol. The van der Waals surface area contributed by atoms with Gasteiger partial charge in [-0.25, -0.2) is 4.99 Å². The Hall–Kier alpha value is -1.94. The third-order valence-electron chi connectivity index (χ3n) is 2.23. The Bertz CT molecular complexity index is 449. The lowest BCUT2D eigenvalue weighted by Crippen LogP contribution is -2.08.